The van der Waals surface area contributed by atoms with Crippen molar-refractivity contribution >= 4 is 0 Å². The van der Waals surface area contributed by atoms with Gasteiger partial charge in [-0.3, -0.25) is 0 Å². The molecule has 1 N–H and O–H groups in total. The van der Waals surface area contributed by atoms with E-state index in [2.05, 4.69) is 13.8 Å². The van der Waals surface area contributed by atoms with Crippen molar-refractivity contribution in [3.8, 4) is 0 Å². The highest BCUT2D eigenvalue weighted by atomic mass is 35.5. The predicted octanol–water partition coefficient (Wildman–Crippen LogP) is -0.972. The molecule has 0 amide bonds. The second-order valence-corrected chi connectivity index (χ2v) is 4.49. The minimum absolute atomic E-state index is 0. The molecule has 0 radical (unpaired) electrons. The molecule has 0 aliphatic carbocycles. The summed E-state index contributed by atoms with van der Waals surface area (Å²) < 4.78 is 0. The Morgan fingerprint density at radius 2 is 1.93 bits per heavy atom. The van der Waals surface area contributed by atoms with E-state index in [9.17, 15) is 0 Å². The Labute approximate surface area is 95.7 Å². The molecule has 14 heavy (non-hydrogen) atoms. The Bertz CT molecular complexity index is 127. The summed E-state index contributed by atoms with van der Waals surface area (Å²) >= 11 is 0. The number of halogens is 1. The lowest BCUT2D eigenvalue weighted by molar-refractivity contribution is -0.912. The molecule has 0 bridgehead atoms. The standard InChI is InChI=1S/C12H25N.ClH/c1-3-5-6-10-13-11-7-9-12(13)8-4-2;/h12H,3-11H2,1-2H3;1H. The number of rotatable bonds is 6. The number of hydrogen-bond acceptors (Lipinski definition) is 0. The summed E-state index contributed by atoms with van der Waals surface area (Å²) in [6.45, 7) is 7.51. The first-order chi connectivity index (χ1) is 6.38. The molecule has 1 aliphatic heterocycles. The van der Waals surface area contributed by atoms with Crippen LogP contribution in [0.5, 0.6) is 0 Å². The average molecular weight is 220 g/mol. The average Bonchev–Trinajstić information content (AvgIpc) is 2.54. The lowest BCUT2D eigenvalue weighted by atomic mass is 10.1. The van der Waals surface area contributed by atoms with Crippen molar-refractivity contribution < 1.29 is 17.3 Å². The molecule has 2 heteroatoms. The normalized spacial score (nSPS) is 26.1. The van der Waals surface area contributed by atoms with E-state index < -0.39 is 0 Å². The van der Waals surface area contributed by atoms with Crippen LogP contribution in [0.15, 0.2) is 0 Å². The molecule has 2 atom stereocenters. The third kappa shape index (κ3) is 4.65. The van der Waals surface area contributed by atoms with E-state index in [1.54, 1.807) is 0 Å². The summed E-state index contributed by atoms with van der Waals surface area (Å²) in [5.41, 5.74) is 0. The summed E-state index contributed by atoms with van der Waals surface area (Å²) in [6.07, 6.45) is 10.1. The Morgan fingerprint density at radius 3 is 2.57 bits per heavy atom. The van der Waals surface area contributed by atoms with Gasteiger partial charge in [0.1, 0.15) is 0 Å². The fraction of sp³-hybridized carbons (Fsp3) is 1.00. The Hall–Kier alpha value is 0.250. The van der Waals surface area contributed by atoms with Crippen molar-refractivity contribution in [2.24, 2.45) is 0 Å². The Kier molecular flexibility index (Phi) is 8.70. The molecule has 0 aromatic rings. The van der Waals surface area contributed by atoms with Crippen LogP contribution >= 0.6 is 0 Å². The zero-order chi connectivity index (χ0) is 9.52. The molecular weight excluding hydrogens is 194 g/mol. The van der Waals surface area contributed by atoms with Crippen LogP contribution in [0.3, 0.4) is 0 Å². The molecule has 0 aromatic carbocycles. The fourth-order valence-corrected chi connectivity index (χ4v) is 2.61. The topological polar surface area (TPSA) is 4.44 Å². The third-order valence-corrected chi connectivity index (χ3v) is 3.37. The maximum Gasteiger partial charge on any atom is 0.0876 e. The number of unbranched alkanes of at least 4 members (excludes halogenated alkanes) is 2. The van der Waals surface area contributed by atoms with Gasteiger partial charge in [-0.05, 0) is 19.3 Å². The van der Waals surface area contributed by atoms with Gasteiger partial charge in [-0.1, -0.05) is 26.7 Å². The highest BCUT2D eigenvalue weighted by Crippen LogP contribution is 2.06. The summed E-state index contributed by atoms with van der Waals surface area (Å²) in [5.74, 6) is 0. The first kappa shape index (κ1) is 14.2. The van der Waals surface area contributed by atoms with Crippen molar-refractivity contribution in [2.45, 2.75) is 64.8 Å². The van der Waals surface area contributed by atoms with Crippen molar-refractivity contribution in [3.63, 3.8) is 0 Å². The van der Waals surface area contributed by atoms with Crippen LogP contribution in [0.25, 0.3) is 0 Å². The molecule has 1 saturated heterocycles. The predicted molar refractivity (Wildman–Crippen MR) is 58.2 cm³/mol. The van der Waals surface area contributed by atoms with E-state index in [0.717, 1.165) is 6.04 Å². The van der Waals surface area contributed by atoms with Gasteiger partial charge < -0.3 is 17.3 Å². The highest BCUT2D eigenvalue weighted by molar-refractivity contribution is 4.61. The summed E-state index contributed by atoms with van der Waals surface area (Å²) in [5, 5.41) is 0. The van der Waals surface area contributed by atoms with Crippen molar-refractivity contribution in [1.29, 1.82) is 0 Å². The van der Waals surface area contributed by atoms with Gasteiger partial charge in [0.25, 0.3) is 0 Å². The zero-order valence-corrected chi connectivity index (χ0v) is 10.6. The van der Waals surface area contributed by atoms with E-state index in [1.165, 1.54) is 58.0 Å². The van der Waals surface area contributed by atoms with Crippen LogP contribution in [0.2, 0.25) is 0 Å². The molecule has 0 spiro atoms. The van der Waals surface area contributed by atoms with Crippen molar-refractivity contribution in [1.82, 2.24) is 0 Å². The van der Waals surface area contributed by atoms with Crippen LogP contribution in [-0.4, -0.2) is 19.1 Å². The van der Waals surface area contributed by atoms with E-state index >= 15 is 0 Å². The van der Waals surface area contributed by atoms with Gasteiger partial charge in [0.05, 0.1) is 19.1 Å². The summed E-state index contributed by atoms with van der Waals surface area (Å²) in [6, 6.07) is 1.02. The molecule has 86 valence electrons. The number of hydrogen-bond donors (Lipinski definition) is 1. The Morgan fingerprint density at radius 1 is 1.14 bits per heavy atom. The molecule has 0 aromatic heterocycles. The zero-order valence-electron chi connectivity index (χ0n) is 9.82. The maximum absolute atomic E-state index is 2.32. The lowest BCUT2D eigenvalue weighted by Crippen LogP contribution is -3.13. The Balaban J connectivity index is 0.00000169. The first-order valence-electron chi connectivity index (χ1n) is 6.23. The van der Waals surface area contributed by atoms with E-state index in [4.69, 9.17) is 0 Å². The van der Waals surface area contributed by atoms with Crippen LogP contribution in [0, 0.1) is 0 Å². The van der Waals surface area contributed by atoms with E-state index in [0.29, 0.717) is 0 Å². The molecule has 1 heterocycles. The third-order valence-electron chi connectivity index (χ3n) is 3.37. The van der Waals surface area contributed by atoms with E-state index in [-0.39, 0.29) is 12.4 Å². The largest absolute Gasteiger partial charge is 1.00 e. The maximum atomic E-state index is 2.32. The second kappa shape index (κ2) is 8.55. The SMILES string of the molecule is CCCCC[NH+]1CCCC1CCC.[Cl-]. The molecule has 2 unspecified atom stereocenters. The molecular formula is C12H26ClN. The van der Waals surface area contributed by atoms with Gasteiger partial charge in [0.2, 0.25) is 0 Å². The second-order valence-electron chi connectivity index (χ2n) is 4.49. The molecule has 1 aliphatic rings. The smallest absolute Gasteiger partial charge is 0.0876 e. The minimum atomic E-state index is 0. The summed E-state index contributed by atoms with van der Waals surface area (Å²) in [4.78, 5) is 1.91. The van der Waals surface area contributed by atoms with Crippen LogP contribution in [0.4, 0.5) is 0 Å². The lowest BCUT2D eigenvalue weighted by Gasteiger charge is -2.20. The minimum Gasteiger partial charge on any atom is -1.00 e. The van der Waals surface area contributed by atoms with Crippen LogP contribution < -0.4 is 17.3 Å². The monoisotopic (exact) mass is 219 g/mol. The van der Waals surface area contributed by atoms with Crippen molar-refractivity contribution in [2.75, 3.05) is 13.1 Å². The van der Waals surface area contributed by atoms with Crippen LogP contribution in [-0.2, 0) is 0 Å². The number of likely N-dealkylation sites (tertiary alicyclic amines) is 1. The number of nitrogens with one attached hydrogen (secondary N) is 1. The number of quaternary nitrogens is 1. The van der Waals surface area contributed by atoms with Gasteiger partial charge >= 0.3 is 0 Å². The quantitative estimate of drug-likeness (QED) is 0.549. The van der Waals surface area contributed by atoms with Gasteiger partial charge in [-0.2, -0.15) is 0 Å². The fourth-order valence-electron chi connectivity index (χ4n) is 2.61. The molecule has 1 fully saturated rings. The molecule has 0 saturated carbocycles. The molecule has 1 rings (SSSR count). The first-order valence-corrected chi connectivity index (χ1v) is 6.23. The van der Waals surface area contributed by atoms with Gasteiger partial charge in [-0.15, -0.1) is 0 Å². The van der Waals surface area contributed by atoms with E-state index in [1.807, 2.05) is 4.90 Å². The highest BCUT2D eigenvalue weighted by Gasteiger charge is 2.26. The van der Waals surface area contributed by atoms with Gasteiger partial charge in [0, 0.05) is 12.8 Å². The van der Waals surface area contributed by atoms with Crippen molar-refractivity contribution in [3.05, 3.63) is 0 Å². The van der Waals surface area contributed by atoms with Gasteiger partial charge in [-0.25, -0.2) is 0 Å². The molecule has 1 nitrogen and oxygen atoms in total. The van der Waals surface area contributed by atoms with Gasteiger partial charge in [0.15, 0.2) is 0 Å². The summed E-state index contributed by atoms with van der Waals surface area (Å²) in [7, 11) is 0. The van der Waals surface area contributed by atoms with Crippen LogP contribution in [0.1, 0.15) is 58.8 Å².